The third kappa shape index (κ3) is 10.6. The molecule has 0 spiro atoms. The lowest BCUT2D eigenvalue weighted by Crippen LogP contribution is -2.28. The number of carbonyl (C=O) groups is 2. The Kier molecular flexibility index (Phi) is 11.7. The fourth-order valence-electron chi connectivity index (χ4n) is 2.98. The molecule has 1 N–H and O–H groups in total. The number of carbonyl (C=O) groups excluding carboxylic acids is 2. The maximum Gasteiger partial charge on any atom is 0.220 e. The van der Waals surface area contributed by atoms with Gasteiger partial charge in [-0.15, -0.1) is 0 Å². The predicted octanol–water partition coefficient (Wildman–Crippen LogP) is 3.75. The molecule has 0 radical (unpaired) electrons. The van der Waals surface area contributed by atoms with E-state index in [9.17, 15) is 9.59 Å². The van der Waals surface area contributed by atoms with E-state index in [1.165, 1.54) is 12.8 Å². The second-order valence-electron chi connectivity index (χ2n) is 7.34. The fraction of sp³-hybridized carbons (Fsp3) is 0.900. The average Bonchev–Trinajstić information content (AvgIpc) is 2.62. The van der Waals surface area contributed by atoms with Crippen LogP contribution in [-0.4, -0.2) is 44.2 Å². The number of rotatable bonds is 13. The topological polar surface area (TPSA) is 64.6 Å². The number of hydrogen-bond acceptors (Lipinski definition) is 4. The summed E-state index contributed by atoms with van der Waals surface area (Å²) in [5.41, 5.74) is 0. The van der Waals surface area contributed by atoms with Gasteiger partial charge in [-0.1, -0.05) is 20.8 Å². The first-order chi connectivity index (χ1) is 12.0. The van der Waals surface area contributed by atoms with Gasteiger partial charge in [-0.25, -0.2) is 0 Å². The second kappa shape index (κ2) is 13.3. The summed E-state index contributed by atoms with van der Waals surface area (Å²) < 4.78 is 11.3. The van der Waals surface area contributed by atoms with Crippen molar-refractivity contribution in [1.82, 2.24) is 5.32 Å². The van der Waals surface area contributed by atoms with Crippen LogP contribution in [0.15, 0.2) is 0 Å². The highest BCUT2D eigenvalue weighted by molar-refractivity contribution is 5.80. The number of ether oxygens (including phenoxy) is 2. The standard InChI is InChI=1S/C20H37NO4.H2/c1-4-17(3)19(22)11-14-24-15-12-21-20(23)6-5-13-25-18-9-7-16(2)8-10-18;/h16-18H,4-15H2,1-3H3,(H,21,23);1H. The van der Waals surface area contributed by atoms with Gasteiger partial charge in [0.15, 0.2) is 0 Å². The zero-order valence-electron chi connectivity index (χ0n) is 16.4. The van der Waals surface area contributed by atoms with Crippen molar-refractivity contribution in [3.63, 3.8) is 0 Å². The zero-order valence-corrected chi connectivity index (χ0v) is 16.4. The molecule has 1 unspecified atom stereocenters. The summed E-state index contributed by atoms with van der Waals surface area (Å²) in [5, 5.41) is 2.84. The second-order valence-corrected chi connectivity index (χ2v) is 7.34. The van der Waals surface area contributed by atoms with Gasteiger partial charge in [0.25, 0.3) is 0 Å². The Morgan fingerprint density at radius 2 is 1.84 bits per heavy atom. The summed E-state index contributed by atoms with van der Waals surface area (Å²) in [6.07, 6.45) is 7.82. The molecular weight excluding hydrogens is 318 g/mol. The van der Waals surface area contributed by atoms with Crippen molar-refractivity contribution in [1.29, 1.82) is 0 Å². The van der Waals surface area contributed by atoms with Crippen molar-refractivity contribution in [2.24, 2.45) is 11.8 Å². The van der Waals surface area contributed by atoms with Gasteiger partial charge in [-0.2, -0.15) is 0 Å². The van der Waals surface area contributed by atoms with Crippen LogP contribution in [0.25, 0.3) is 0 Å². The maximum atomic E-state index is 11.7. The highest BCUT2D eigenvalue weighted by Gasteiger charge is 2.18. The van der Waals surface area contributed by atoms with Gasteiger partial charge in [0.05, 0.1) is 19.3 Å². The molecule has 0 aromatic heterocycles. The van der Waals surface area contributed by atoms with E-state index in [0.29, 0.717) is 45.3 Å². The largest absolute Gasteiger partial charge is 0.379 e. The van der Waals surface area contributed by atoms with Gasteiger partial charge in [-0.05, 0) is 44.4 Å². The number of amides is 1. The highest BCUT2D eigenvalue weighted by atomic mass is 16.5. The minimum atomic E-state index is 0. The van der Waals surface area contributed by atoms with Crippen LogP contribution in [0.2, 0.25) is 0 Å². The third-order valence-electron chi connectivity index (χ3n) is 5.09. The smallest absolute Gasteiger partial charge is 0.220 e. The number of ketones is 1. The Bertz CT molecular complexity index is 384. The predicted molar refractivity (Wildman–Crippen MR) is 102 cm³/mol. The first-order valence-electron chi connectivity index (χ1n) is 10.0. The van der Waals surface area contributed by atoms with Crippen LogP contribution >= 0.6 is 0 Å². The van der Waals surface area contributed by atoms with E-state index in [1.54, 1.807) is 0 Å². The van der Waals surface area contributed by atoms with E-state index in [2.05, 4.69) is 12.2 Å². The zero-order chi connectivity index (χ0) is 18.5. The summed E-state index contributed by atoms with van der Waals surface area (Å²) in [6.45, 7) is 8.32. The summed E-state index contributed by atoms with van der Waals surface area (Å²) in [7, 11) is 0. The van der Waals surface area contributed by atoms with E-state index in [0.717, 1.165) is 31.6 Å². The van der Waals surface area contributed by atoms with Crippen LogP contribution in [0.4, 0.5) is 0 Å². The minimum absolute atomic E-state index is 0. The molecule has 0 saturated heterocycles. The van der Waals surface area contributed by atoms with E-state index < -0.39 is 0 Å². The van der Waals surface area contributed by atoms with Crippen LogP contribution in [-0.2, 0) is 19.1 Å². The summed E-state index contributed by atoms with van der Waals surface area (Å²) >= 11 is 0. The number of nitrogens with one attached hydrogen (secondary N) is 1. The molecule has 0 aromatic carbocycles. The quantitative estimate of drug-likeness (QED) is 0.510. The van der Waals surface area contributed by atoms with Gasteiger partial charge in [0, 0.05) is 33.3 Å². The molecular formula is C20H39NO4. The van der Waals surface area contributed by atoms with Gasteiger partial charge in [-0.3, -0.25) is 9.59 Å². The van der Waals surface area contributed by atoms with Crippen LogP contribution < -0.4 is 5.32 Å². The first kappa shape index (κ1) is 22.1. The van der Waals surface area contributed by atoms with Crippen LogP contribution in [0.1, 0.15) is 73.6 Å². The molecule has 148 valence electrons. The molecule has 1 aliphatic carbocycles. The summed E-state index contributed by atoms with van der Waals surface area (Å²) in [4.78, 5) is 23.4. The normalized spacial score (nSPS) is 21.7. The van der Waals surface area contributed by atoms with Crippen LogP contribution in [0, 0.1) is 11.8 Å². The summed E-state index contributed by atoms with van der Waals surface area (Å²) in [6, 6.07) is 0. The van der Waals surface area contributed by atoms with E-state index in [4.69, 9.17) is 9.47 Å². The van der Waals surface area contributed by atoms with Crippen molar-refractivity contribution < 1.29 is 20.5 Å². The summed E-state index contributed by atoms with van der Waals surface area (Å²) in [5.74, 6) is 1.24. The van der Waals surface area contributed by atoms with Crippen molar-refractivity contribution in [2.45, 2.75) is 78.2 Å². The molecule has 5 heteroatoms. The molecule has 1 amide bonds. The lowest BCUT2D eigenvalue weighted by atomic mass is 9.89. The fourth-order valence-corrected chi connectivity index (χ4v) is 2.98. The van der Waals surface area contributed by atoms with E-state index in [-0.39, 0.29) is 19.0 Å². The highest BCUT2D eigenvalue weighted by Crippen LogP contribution is 2.25. The lowest BCUT2D eigenvalue weighted by molar-refractivity contribution is -0.124. The molecule has 0 aromatic rings. The number of Topliss-reactive ketones (excluding diaryl/α,β-unsaturated/α-hetero) is 1. The van der Waals surface area contributed by atoms with Gasteiger partial charge in [0.1, 0.15) is 5.78 Å². The lowest BCUT2D eigenvalue weighted by Gasteiger charge is -2.26. The van der Waals surface area contributed by atoms with Crippen molar-refractivity contribution >= 4 is 11.7 Å². The SMILES string of the molecule is CCC(C)C(=O)CCOCCNC(=O)CCCOC1CCC(C)CC1.[HH]. The Morgan fingerprint density at radius 1 is 1.12 bits per heavy atom. The Labute approximate surface area is 154 Å². The van der Waals surface area contributed by atoms with Crippen molar-refractivity contribution in [2.75, 3.05) is 26.4 Å². The van der Waals surface area contributed by atoms with Gasteiger partial charge < -0.3 is 14.8 Å². The van der Waals surface area contributed by atoms with E-state index in [1.807, 2.05) is 13.8 Å². The Morgan fingerprint density at radius 3 is 2.52 bits per heavy atom. The van der Waals surface area contributed by atoms with Crippen LogP contribution in [0.5, 0.6) is 0 Å². The third-order valence-corrected chi connectivity index (χ3v) is 5.09. The minimum Gasteiger partial charge on any atom is -0.379 e. The average molecular weight is 358 g/mol. The van der Waals surface area contributed by atoms with Crippen molar-refractivity contribution in [3.8, 4) is 0 Å². The molecule has 0 aliphatic heterocycles. The molecule has 0 heterocycles. The molecule has 5 nitrogen and oxygen atoms in total. The first-order valence-corrected chi connectivity index (χ1v) is 10.0. The van der Waals surface area contributed by atoms with Gasteiger partial charge >= 0.3 is 0 Å². The Balaban J connectivity index is 0.00000625. The number of hydrogen-bond donors (Lipinski definition) is 1. The maximum absolute atomic E-state index is 11.7. The monoisotopic (exact) mass is 357 g/mol. The van der Waals surface area contributed by atoms with E-state index >= 15 is 0 Å². The van der Waals surface area contributed by atoms with Crippen molar-refractivity contribution in [3.05, 3.63) is 0 Å². The Hall–Kier alpha value is -0.940. The van der Waals surface area contributed by atoms with Crippen LogP contribution in [0.3, 0.4) is 0 Å². The molecule has 1 fully saturated rings. The molecule has 0 bridgehead atoms. The van der Waals surface area contributed by atoms with Gasteiger partial charge in [0.2, 0.25) is 5.91 Å². The molecule has 25 heavy (non-hydrogen) atoms. The molecule has 1 atom stereocenters. The molecule has 1 aliphatic rings. The molecule has 1 rings (SSSR count). The molecule has 1 saturated carbocycles.